The monoisotopic (exact) mass is 349 g/mol. The summed E-state index contributed by atoms with van der Waals surface area (Å²) < 4.78 is 36.9. The number of sulfone groups is 1. The summed E-state index contributed by atoms with van der Waals surface area (Å²) in [6, 6.07) is 3.90. The highest BCUT2D eigenvalue weighted by atomic mass is 79.9. The van der Waals surface area contributed by atoms with E-state index in [1.165, 1.54) is 24.1 Å². The molecule has 0 aliphatic carbocycles. The second kappa shape index (κ2) is 5.20. The van der Waals surface area contributed by atoms with Crippen molar-refractivity contribution in [2.24, 2.45) is 0 Å². The van der Waals surface area contributed by atoms with Gasteiger partial charge in [0.15, 0.2) is 9.84 Å². The molecule has 0 aromatic heterocycles. The molecule has 0 saturated carbocycles. The topological polar surface area (TPSA) is 54.5 Å². The minimum absolute atomic E-state index is 0.0543. The summed E-state index contributed by atoms with van der Waals surface area (Å²) in [5.74, 6) is -1.10. The minimum atomic E-state index is -3.08. The SMILES string of the molecule is CN(C(=O)c1c(F)cccc1Br)C1CCS(=O)(=O)C1. The zero-order valence-electron chi connectivity index (χ0n) is 10.3. The van der Waals surface area contributed by atoms with Gasteiger partial charge < -0.3 is 4.90 Å². The van der Waals surface area contributed by atoms with Crippen molar-refractivity contribution < 1.29 is 17.6 Å². The molecule has 1 atom stereocenters. The lowest BCUT2D eigenvalue weighted by molar-refractivity contribution is 0.0742. The zero-order chi connectivity index (χ0) is 14.2. The number of hydrogen-bond acceptors (Lipinski definition) is 3. The van der Waals surface area contributed by atoms with Gasteiger partial charge in [-0.15, -0.1) is 0 Å². The van der Waals surface area contributed by atoms with Gasteiger partial charge in [-0.3, -0.25) is 4.79 Å². The van der Waals surface area contributed by atoms with Gasteiger partial charge in [0.1, 0.15) is 5.82 Å². The number of carbonyl (C=O) groups is 1. The summed E-state index contributed by atoms with van der Waals surface area (Å²) >= 11 is 3.14. The molecule has 0 spiro atoms. The van der Waals surface area contributed by atoms with Crippen LogP contribution in [-0.4, -0.2) is 43.8 Å². The Hall–Kier alpha value is -0.950. The van der Waals surface area contributed by atoms with E-state index in [2.05, 4.69) is 15.9 Å². The summed E-state index contributed by atoms with van der Waals surface area (Å²) in [5.41, 5.74) is -0.0608. The second-order valence-corrected chi connectivity index (χ2v) is 7.65. The number of nitrogens with zero attached hydrogens (tertiary/aromatic N) is 1. The van der Waals surface area contributed by atoms with Crippen molar-refractivity contribution >= 4 is 31.7 Å². The van der Waals surface area contributed by atoms with Gasteiger partial charge in [-0.1, -0.05) is 6.07 Å². The molecule has 1 aromatic carbocycles. The van der Waals surface area contributed by atoms with Crippen molar-refractivity contribution in [3.63, 3.8) is 0 Å². The summed E-state index contributed by atoms with van der Waals surface area (Å²) in [6.45, 7) is 0. The zero-order valence-corrected chi connectivity index (χ0v) is 12.7. The molecule has 4 nitrogen and oxygen atoms in total. The van der Waals surface area contributed by atoms with Gasteiger partial charge >= 0.3 is 0 Å². The van der Waals surface area contributed by atoms with Gasteiger partial charge in [-0.05, 0) is 34.5 Å². The lowest BCUT2D eigenvalue weighted by Crippen LogP contribution is -2.38. The van der Waals surface area contributed by atoms with E-state index >= 15 is 0 Å². The molecular weight excluding hydrogens is 337 g/mol. The Morgan fingerprint density at radius 3 is 2.68 bits per heavy atom. The van der Waals surface area contributed by atoms with E-state index in [1.54, 1.807) is 6.07 Å². The van der Waals surface area contributed by atoms with Crippen LogP contribution in [0.2, 0.25) is 0 Å². The fraction of sp³-hybridized carbons (Fsp3) is 0.417. The highest BCUT2D eigenvalue weighted by Crippen LogP contribution is 2.24. The Morgan fingerprint density at radius 2 is 2.16 bits per heavy atom. The molecule has 1 fully saturated rings. The molecule has 1 aliphatic heterocycles. The van der Waals surface area contributed by atoms with E-state index < -0.39 is 21.6 Å². The van der Waals surface area contributed by atoms with Gasteiger partial charge in [0.25, 0.3) is 5.91 Å². The van der Waals surface area contributed by atoms with Crippen LogP contribution in [0.15, 0.2) is 22.7 Å². The van der Waals surface area contributed by atoms with Crippen molar-refractivity contribution in [1.29, 1.82) is 0 Å². The maximum absolute atomic E-state index is 13.7. The smallest absolute Gasteiger partial charge is 0.258 e. The summed E-state index contributed by atoms with van der Waals surface area (Å²) in [4.78, 5) is 13.6. The highest BCUT2D eigenvalue weighted by Gasteiger charge is 2.34. The molecule has 0 radical (unpaired) electrons. The molecule has 1 amide bonds. The number of rotatable bonds is 2. The molecule has 1 unspecified atom stereocenters. The van der Waals surface area contributed by atoms with Crippen molar-refractivity contribution in [3.05, 3.63) is 34.1 Å². The van der Waals surface area contributed by atoms with Crippen LogP contribution in [0.5, 0.6) is 0 Å². The standard InChI is InChI=1S/C12H13BrFNO3S/c1-15(8-5-6-19(17,18)7-8)12(16)11-9(13)3-2-4-10(11)14/h2-4,8H,5-7H2,1H3. The maximum atomic E-state index is 13.7. The first-order valence-electron chi connectivity index (χ1n) is 5.73. The second-order valence-electron chi connectivity index (χ2n) is 4.57. The number of halogens is 2. The minimum Gasteiger partial charge on any atom is -0.338 e. The van der Waals surface area contributed by atoms with Crippen LogP contribution in [0, 0.1) is 5.82 Å². The highest BCUT2D eigenvalue weighted by molar-refractivity contribution is 9.10. The number of hydrogen-bond donors (Lipinski definition) is 0. The van der Waals surface area contributed by atoms with Crippen molar-refractivity contribution in [1.82, 2.24) is 4.90 Å². The summed E-state index contributed by atoms with van der Waals surface area (Å²) in [6.07, 6.45) is 0.399. The first-order chi connectivity index (χ1) is 8.82. The third-order valence-corrected chi connectivity index (χ3v) is 5.66. The van der Waals surface area contributed by atoms with Gasteiger partial charge in [0.2, 0.25) is 0 Å². The number of carbonyl (C=O) groups excluding carboxylic acids is 1. The van der Waals surface area contributed by atoms with Crippen LogP contribution in [0.1, 0.15) is 16.8 Å². The Kier molecular flexibility index (Phi) is 3.96. The van der Waals surface area contributed by atoms with Crippen LogP contribution in [0.4, 0.5) is 4.39 Å². The molecule has 1 heterocycles. The number of amides is 1. The normalized spacial score (nSPS) is 21.3. The maximum Gasteiger partial charge on any atom is 0.258 e. The lowest BCUT2D eigenvalue weighted by Gasteiger charge is -2.24. The fourth-order valence-electron chi connectivity index (χ4n) is 2.13. The Balaban J connectivity index is 2.25. The molecule has 19 heavy (non-hydrogen) atoms. The van der Waals surface area contributed by atoms with E-state index in [0.29, 0.717) is 10.9 Å². The van der Waals surface area contributed by atoms with Crippen LogP contribution in [0.25, 0.3) is 0 Å². The molecule has 2 rings (SSSR count). The van der Waals surface area contributed by atoms with Crippen molar-refractivity contribution in [3.8, 4) is 0 Å². The summed E-state index contributed by atoms with van der Waals surface area (Å²) in [5, 5.41) is 0. The quantitative estimate of drug-likeness (QED) is 0.818. The average Bonchev–Trinajstić information content (AvgIpc) is 2.68. The van der Waals surface area contributed by atoms with Gasteiger partial charge in [0.05, 0.1) is 17.1 Å². The predicted molar refractivity (Wildman–Crippen MR) is 73.3 cm³/mol. The third kappa shape index (κ3) is 2.97. The lowest BCUT2D eigenvalue weighted by atomic mass is 10.1. The molecule has 104 valence electrons. The van der Waals surface area contributed by atoms with E-state index in [4.69, 9.17) is 0 Å². The molecule has 1 aromatic rings. The van der Waals surface area contributed by atoms with E-state index in [-0.39, 0.29) is 23.1 Å². The molecule has 7 heteroatoms. The van der Waals surface area contributed by atoms with Crippen LogP contribution < -0.4 is 0 Å². The largest absolute Gasteiger partial charge is 0.338 e. The molecule has 0 bridgehead atoms. The van der Waals surface area contributed by atoms with Crippen LogP contribution in [0.3, 0.4) is 0 Å². The Labute approximate surface area is 119 Å². The third-order valence-electron chi connectivity index (χ3n) is 3.25. The molecule has 0 N–H and O–H groups in total. The van der Waals surface area contributed by atoms with Gasteiger partial charge in [-0.2, -0.15) is 0 Å². The van der Waals surface area contributed by atoms with Gasteiger partial charge in [-0.25, -0.2) is 12.8 Å². The number of benzene rings is 1. The molecular formula is C12H13BrFNO3S. The van der Waals surface area contributed by atoms with Crippen LogP contribution >= 0.6 is 15.9 Å². The first kappa shape index (κ1) is 14.5. The van der Waals surface area contributed by atoms with E-state index in [9.17, 15) is 17.6 Å². The van der Waals surface area contributed by atoms with Crippen molar-refractivity contribution in [2.75, 3.05) is 18.6 Å². The average molecular weight is 350 g/mol. The fourth-order valence-corrected chi connectivity index (χ4v) is 4.41. The van der Waals surface area contributed by atoms with E-state index in [1.807, 2.05) is 0 Å². The molecule has 1 saturated heterocycles. The summed E-state index contributed by atoms with van der Waals surface area (Å²) in [7, 11) is -1.57. The van der Waals surface area contributed by atoms with E-state index in [0.717, 1.165) is 0 Å². The Morgan fingerprint density at radius 1 is 1.47 bits per heavy atom. The Bertz CT molecular complexity index is 597. The molecule has 1 aliphatic rings. The van der Waals surface area contributed by atoms with Crippen LogP contribution in [-0.2, 0) is 9.84 Å². The van der Waals surface area contributed by atoms with Crippen molar-refractivity contribution in [2.45, 2.75) is 12.5 Å². The first-order valence-corrected chi connectivity index (χ1v) is 8.35. The van der Waals surface area contributed by atoms with Gasteiger partial charge in [0, 0.05) is 17.6 Å². The predicted octanol–water partition coefficient (Wildman–Crippen LogP) is 1.85.